The zero-order valence-electron chi connectivity index (χ0n) is 12.4. The molecular weight excluding hydrogens is 336 g/mol. The van der Waals surface area contributed by atoms with Crippen LogP contribution in [0.4, 0.5) is 5.69 Å². The van der Waals surface area contributed by atoms with Crippen molar-refractivity contribution in [1.82, 2.24) is 0 Å². The molecule has 2 rings (SSSR count). The van der Waals surface area contributed by atoms with Crippen molar-refractivity contribution in [2.24, 2.45) is 5.73 Å². The van der Waals surface area contributed by atoms with Crippen molar-refractivity contribution in [2.45, 2.75) is 9.79 Å². The first kappa shape index (κ1) is 17.2. The van der Waals surface area contributed by atoms with Gasteiger partial charge in [0.15, 0.2) is 6.61 Å². The lowest BCUT2D eigenvalue weighted by molar-refractivity contribution is -0.119. The number of ether oxygens (including phenoxy) is 1. The van der Waals surface area contributed by atoms with Crippen LogP contribution >= 0.6 is 11.8 Å². The molecule has 2 aromatic carbocycles. The van der Waals surface area contributed by atoms with Crippen LogP contribution in [-0.4, -0.2) is 27.2 Å². The quantitative estimate of drug-likeness (QED) is 0.743. The van der Waals surface area contributed by atoms with Crippen molar-refractivity contribution in [1.29, 1.82) is 0 Å². The Hall–Kier alpha value is -2.19. The lowest BCUT2D eigenvalue weighted by atomic mass is 10.3. The van der Waals surface area contributed by atoms with E-state index in [0.717, 1.165) is 4.90 Å². The molecule has 0 bridgehead atoms. The molecule has 2 aromatic rings. The molecule has 0 aliphatic rings. The molecule has 0 aromatic heterocycles. The van der Waals surface area contributed by atoms with E-state index in [1.165, 1.54) is 36.0 Å². The summed E-state index contributed by atoms with van der Waals surface area (Å²) in [7, 11) is -3.70. The first-order chi connectivity index (χ1) is 10.9. The van der Waals surface area contributed by atoms with Crippen molar-refractivity contribution in [3.8, 4) is 5.75 Å². The topological polar surface area (TPSA) is 98.5 Å². The maximum absolute atomic E-state index is 12.4. The Morgan fingerprint density at radius 1 is 1.17 bits per heavy atom. The molecule has 6 nitrogen and oxygen atoms in total. The molecule has 8 heteroatoms. The highest BCUT2D eigenvalue weighted by molar-refractivity contribution is 7.99. The molecule has 0 unspecified atom stereocenters. The van der Waals surface area contributed by atoms with Crippen LogP contribution in [0.5, 0.6) is 5.75 Å². The van der Waals surface area contributed by atoms with Gasteiger partial charge in [0.1, 0.15) is 5.75 Å². The zero-order valence-corrected chi connectivity index (χ0v) is 14.0. The van der Waals surface area contributed by atoms with Crippen LogP contribution in [0.25, 0.3) is 0 Å². The van der Waals surface area contributed by atoms with Gasteiger partial charge in [0.25, 0.3) is 15.9 Å². The predicted octanol–water partition coefficient (Wildman–Crippen LogP) is 2.07. The van der Waals surface area contributed by atoms with Crippen LogP contribution in [-0.2, 0) is 14.8 Å². The molecule has 23 heavy (non-hydrogen) atoms. The number of amides is 1. The number of nitrogens with two attached hydrogens (primary N) is 1. The van der Waals surface area contributed by atoms with Crippen molar-refractivity contribution >= 4 is 33.4 Å². The second kappa shape index (κ2) is 7.38. The molecule has 0 radical (unpaired) electrons. The Balaban J connectivity index is 2.17. The average Bonchev–Trinajstić information content (AvgIpc) is 2.53. The lowest BCUT2D eigenvalue weighted by Gasteiger charge is -2.11. The van der Waals surface area contributed by atoms with Gasteiger partial charge >= 0.3 is 0 Å². The molecule has 0 saturated heterocycles. The number of rotatable bonds is 7. The summed E-state index contributed by atoms with van der Waals surface area (Å²) in [5.74, 6) is -0.232. The molecule has 0 fully saturated rings. The van der Waals surface area contributed by atoms with Gasteiger partial charge in [0, 0.05) is 4.90 Å². The van der Waals surface area contributed by atoms with Gasteiger partial charge in [-0.05, 0) is 42.7 Å². The van der Waals surface area contributed by atoms with Gasteiger partial charge in [-0.3, -0.25) is 9.52 Å². The molecule has 0 saturated carbocycles. The number of carbonyl (C=O) groups is 1. The lowest BCUT2D eigenvalue weighted by Crippen LogP contribution is -2.20. The SMILES string of the molecule is CSc1ccccc1NS(=O)(=O)c1ccc(OCC(N)=O)cc1. The van der Waals surface area contributed by atoms with Crippen LogP contribution in [0.1, 0.15) is 0 Å². The maximum Gasteiger partial charge on any atom is 0.261 e. The molecule has 0 atom stereocenters. The number of sulfonamides is 1. The first-order valence-electron chi connectivity index (χ1n) is 6.59. The number of para-hydroxylation sites is 1. The number of hydrogen-bond donors (Lipinski definition) is 2. The van der Waals surface area contributed by atoms with Gasteiger partial charge in [-0.15, -0.1) is 11.8 Å². The minimum Gasteiger partial charge on any atom is -0.484 e. The van der Waals surface area contributed by atoms with E-state index in [0.29, 0.717) is 11.4 Å². The van der Waals surface area contributed by atoms with Crippen molar-refractivity contribution < 1.29 is 17.9 Å². The van der Waals surface area contributed by atoms with Gasteiger partial charge in [0.2, 0.25) is 0 Å². The Kier molecular flexibility index (Phi) is 5.51. The van der Waals surface area contributed by atoms with Gasteiger partial charge in [-0.25, -0.2) is 8.42 Å². The number of anilines is 1. The van der Waals surface area contributed by atoms with Gasteiger partial charge in [0.05, 0.1) is 10.6 Å². The first-order valence-corrected chi connectivity index (χ1v) is 9.30. The summed E-state index contributed by atoms with van der Waals surface area (Å²) < 4.78 is 32.5. The fourth-order valence-corrected chi connectivity index (χ4v) is 3.50. The Bertz CT molecular complexity index is 789. The minimum atomic E-state index is -3.70. The Morgan fingerprint density at radius 3 is 2.43 bits per heavy atom. The monoisotopic (exact) mass is 352 g/mol. The second-order valence-electron chi connectivity index (χ2n) is 4.53. The highest BCUT2D eigenvalue weighted by Crippen LogP contribution is 2.27. The number of primary amides is 1. The predicted molar refractivity (Wildman–Crippen MR) is 90.2 cm³/mol. The van der Waals surface area contributed by atoms with Gasteiger partial charge < -0.3 is 10.5 Å². The van der Waals surface area contributed by atoms with E-state index in [4.69, 9.17) is 10.5 Å². The van der Waals surface area contributed by atoms with Crippen molar-refractivity contribution in [3.63, 3.8) is 0 Å². The van der Waals surface area contributed by atoms with E-state index in [1.807, 2.05) is 18.4 Å². The van der Waals surface area contributed by atoms with E-state index in [9.17, 15) is 13.2 Å². The normalized spacial score (nSPS) is 11.0. The van der Waals surface area contributed by atoms with Crippen LogP contribution in [0.3, 0.4) is 0 Å². The fraction of sp³-hybridized carbons (Fsp3) is 0.133. The standard InChI is InChI=1S/C15H16N2O4S2/c1-22-14-5-3-2-4-13(14)17-23(19,20)12-8-6-11(7-9-12)21-10-15(16)18/h2-9,17H,10H2,1H3,(H2,16,18). The van der Waals surface area contributed by atoms with E-state index in [2.05, 4.69) is 4.72 Å². The number of benzene rings is 2. The summed E-state index contributed by atoms with van der Waals surface area (Å²) in [6, 6.07) is 12.9. The Labute approximate surface area is 139 Å². The van der Waals surface area contributed by atoms with E-state index in [1.54, 1.807) is 12.1 Å². The molecule has 0 spiro atoms. The highest BCUT2D eigenvalue weighted by atomic mass is 32.2. The van der Waals surface area contributed by atoms with Crippen molar-refractivity contribution in [3.05, 3.63) is 48.5 Å². The molecule has 122 valence electrons. The third-order valence-electron chi connectivity index (χ3n) is 2.87. The van der Waals surface area contributed by atoms with Crippen molar-refractivity contribution in [2.75, 3.05) is 17.6 Å². The zero-order chi connectivity index (χ0) is 16.9. The average molecular weight is 352 g/mol. The third-order valence-corrected chi connectivity index (χ3v) is 5.04. The fourth-order valence-electron chi connectivity index (χ4n) is 1.80. The number of nitrogens with one attached hydrogen (secondary N) is 1. The van der Waals surface area contributed by atoms with Gasteiger partial charge in [-0.1, -0.05) is 12.1 Å². The largest absolute Gasteiger partial charge is 0.484 e. The molecular formula is C15H16N2O4S2. The molecule has 0 heterocycles. The number of hydrogen-bond acceptors (Lipinski definition) is 5. The maximum atomic E-state index is 12.4. The second-order valence-corrected chi connectivity index (χ2v) is 7.06. The molecule has 0 aliphatic carbocycles. The summed E-state index contributed by atoms with van der Waals surface area (Å²) in [4.78, 5) is 11.6. The summed E-state index contributed by atoms with van der Waals surface area (Å²) in [5.41, 5.74) is 5.50. The summed E-state index contributed by atoms with van der Waals surface area (Å²) in [5, 5.41) is 0. The van der Waals surface area contributed by atoms with Gasteiger partial charge in [-0.2, -0.15) is 0 Å². The molecule has 3 N–H and O–H groups in total. The van der Waals surface area contributed by atoms with Crippen LogP contribution < -0.4 is 15.2 Å². The van der Waals surface area contributed by atoms with Crippen LogP contribution in [0.15, 0.2) is 58.3 Å². The minimum absolute atomic E-state index is 0.0971. The number of carbonyl (C=O) groups excluding carboxylic acids is 1. The van der Waals surface area contributed by atoms with E-state index < -0.39 is 15.9 Å². The Morgan fingerprint density at radius 2 is 1.83 bits per heavy atom. The van der Waals surface area contributed by atoms with E-state index >= 15 is 0 Å². The van der Waals surface area contributed by atoms with E-state index in [-0.39, 0.29) is 11.5 Å². The van der Waals surface area contributed by atoms with Crippen LogP contribution in [0.2, 0.25) is 0 Å². The molecule has 1 amide bonds. The smallest absolute Gasteiger partial charge is 0.261 e. The summed E-state index contributed by atoms with van der Waals surface area (Å²) in [6.45, 7) is -0.258. The summed E-state index contributed by atoms with van der Waals surface area (Å²) >= 11 is 1.45. The molecule has 0 aliphatic heterocycles. The highest BCUT2D eigenvalue weighted by Gasteiger charge is 2.15. The number of thioether (sulfide) groups is 1. The van der Waals surface area contributed by atoms with Crippen LogP contribution in [0, 0.1) is 0 Å². The summed E-state index contributed by atoms with van der Waals surface area (Å²) in [6.07, 6.45) is 1.87. The third kappa shape index (κ3) is 4.64.